The van der Waals surface area contributed by atoms with Gasteiger partial charge in [-0.1, -0.05) is 17.8 Å². The number of rotatable bonds is 6. The van der Waals surface area contributed by atoms with Gasteiger partial charge in [-0.3, -0.25) is 4.79 Å². The van der Waals surface area contributed by atoms with E-state index in [-0.39, 0.29) is 16.6 Å². The molecule has 2 rings (SSSR count). The van der Waals surface area contributed by atoms with E-state index >= 15 is 0 Å². The van der Waals surface area contributed by atoms with Crippen LogP contribution in [0, 0.1) is 13.8 Å². The number of hydrogen-bond donors (Lipinski definition) is 2. The second kappa shape index (κ2) is 7.43. The van der Waals surface area contributed by atoms with Crippen molar-refractivity contribution in [1.29, 1.82) is 0 Å². The fraction of sp³-hybridized carbons (Fsp3) is 0.286. The molecule has 1 heterocycles. The van der Waals surface area contributed by atoms with E-state index in [4.69, 9.17) is 0 Å². The third-order valence-corrected chi connectivity index (χ3v) is 6.65. The highest BCUT2D eigenvalue weighted by Gasteiger charge is 2.16. The summed E-state index contributed by atoms with van der Waals surface area (Å²) in [6, 6.07) is 4.80. The number of thioether (sulfide) groups is 1. The van der Waals surface area contributed by atoms with Gasteiger partial charge in [-0.05, 0) is 38.6 Å². The van der Waals surface area contributed by atoms with Crippen LogP contribution in [-0.2, 0) is 14.8 Å². The average Bonchev–Trinajstić information content (AvgIpc) is 2.92. The van der Waals surface area contributed by atoms with Crippen LogP contribution in [0.25, 0.3) is 0 Å². The zero-order chi connectivity index (χ0) is 17.0. The van der Waals surface area contributed by atoms with Crippen molar-refractivity contribution in [2.45, 2.75) is 23.1 Å². The molecule has 0 unspecified atom stereocenters. The largest absolute Gasteiger partial charge is 0.325 e. The van der Waals surface area contributed by atoms with Gasteiger partial charge in [0.1, 0.15) is 0 Å². The second-order valence-corrected chi connectivity index (χ2v) is 8.72. The van der Waals surface area contributed by atoms with Crippen LogP contribution in [0.3, 0.4) is 0 Å². The quantitative estimate of drug-likeness (QED) is 0.761. The van der Waals surface area contributed by atoms with Crippen LogP contribution < -0.4 is 10.0 Å². The van der Waals surface area contributed by atoms with Crippen LogP contribution in [0.15, 0.2) is 32.8 Å². The predicted molar refractivity (Wildman–Crippen MR) is 93.6 cm³/mol. The number of aryl methyl sites for hydroxylation is 2. The van der Waals surface area contributed by atoms with Crippen molar-refractivity contribution in [3.05, 3.63) is 34.8 Å². The molecule has 2 aromatic rings. The second-order valence-electron chi connectivity index (χ2n) is 4.78. The molecule has 2 N–H and O–H groups in total. The SMILES string of the molecule is CNS(=O)(=O)c1cc(NC(=O)CSc2nc(C)cs2)ccc1C. The van der Waals surface area contributed by atoms with E-state index < -0.39 is 10.0 Å². The summed E-state index contributed by atoms with van der Waals surface area (Å²) in [5, 5.41) is 4.63. The summed E-state index contributed by atoms with van der Waals surface area (Å²) < 4.78 is 27.0. The van der Waals surface area contributed by atoms with Gasteiger partial charge >= 0.3 is 0 Å². The minimum Gasteiger partial charge on any atom is -0.325 e. The fourth-order valence-electron chi connectivity index (χ4n) is 1.80. The summed E-state index contributed by atoms with van der Waals surface area (Å²) in [4.78, 5) is 16.4. The number of aromatic nitrogens is 1. The molecule has 1 aromatic carbocycles. The smallest absolute Gasteiger partial charge is 0.240 e. The summed E-state index contributed by atoms with van der Waals surface area (Å²) >= 11 is 2.84. The molecule has 0 radical (unpaired) electrons. The molecule has 124 valence electrons. The van der Waals surface area contributed by atoms with Gasteiger partial charge in [-0.2, -0.15) is 0 Å². The number of hydrogen-bond acceptors (Lipinski definition) is 6. The lowest BCUT2D eigenvalue weighted by atomic mass is 10.2. The summed E-state index contributed by atoms with van der Waals surface area (Å²) in [5.74, 6) is 0.00842. The number of anilines is 1. The van der Waals surface area contributed by atoms with Crippen LogP contribution in [0.5, 0.6) is 0 Å². The Balaban J connectivity index is 2.05. The van der Waals surface area contributed by atoms with E-state index in [9.17, 15) is 13.2 Å². The highest BCUT2D eigenvalue weighted by atomic mass is 32.2. The van der Waals surface area contributed by atoms with Gasteiger partial charge in [0.15, 0.2) is 4.34 Å². The van der Waals surface area contributed by atoms with E-state index in [2.05, 4.69) is 15.0 Å². The maximum atomic E-state index is 12.0. The molecule has 0 spiro atoms. The maximum Gasteiger partial charge on any atom is 0.240 e. The first-order chi connectivity index (χ1) is 10.8. The standard InChI is InChI=1S/C14H17N3O3S3/c1-9-4-5-11(6-12(9)23(19,20)15-3)17-13(18)8-22-14-16-10(2)7-21-14/h4-7,15H,8H2,1-3H3,(H,17,18). The molecule has 0 saturated carbocycles. The lowest BCUT2D eigenvalue weighted by Gasteiger charge is -2.10. The van der Waals surface area contributed by atoms with Gasteiger partial charge in [-0.15, -0.1) is 11.3 Å². The summed E-state index contributed by atoms with van der Waals surface area (Å²) in [6.45, 7) is 3.60. The topological polar surface area (TPSA) is 88.2 Å². The molecule has 9 heteroatoms. The van der Waals surface area contributed by atoms with Crippen molar-refractivity contribution in [2.24, 2.45) is 0 Å². The molecule has 0 aliphatic rings. The molecule has 1 amide bonds. The lowest BCUT2D eigenvalue weighted by Crippen LogP contribution is -2.20. The highest BCUT2D eigenvalue weighted by molar-refractivity contribution is 8.01. The van der Waals surface area contributed by atoms with E-state index in [0.29, 0.717) is 11.3 Å². The van der Waals surface area contributed by atoms with Gasteiger partial charge < -0.3 is 5.32 Å². The minimum atomic E-state index is -3.55. The third kappa shape index (κ3) is 4.77. The van der Waals surface area contributed by atoms with E-state index in [1.54, 1.807) is 19.1 Å². The maximum absolute atomic E-state index is 12.0. The number of nitrogens with zero attached hydrogens (tertiary/aromatic N) is 1. The minimum absolute atomic E-state index is 0.154. The Morgan fingerprint density at radius 2 is 2.09 bits per heavy atom. The lowest BCUT2D eigenvalue weighted by molar-refractivity contribution is -0.113. The summed E-state index contributed by atoms with van der Waals surface area (Å²) in [5.41, 5.74) is 1.99. The Hall–Kier alpha value is -1.42. The van der Waals surface area contributed by atoms with Gasteiger partial charge in [0.25, 0.3) is 0 Å². The van der Waals surface area contributed by atoms with Crippen molar-refractivity contribution >= 4 is 44.7 Å². The molecule has 23 heavy (non-hydrogen) atoms. The van der Waals surface area contributed by atoms with Crippen LogP contribution in [0.4, 0.5) is 5.69 Å². The van der Waals surface area contributed by atoms with Gasteiger partial charge in [-0.25, -0.2) is 18.1 Å². The molecule has 0 atom stereocenters. The van der Waals surface area contributed by atoms with Crippen LogP contribution >= 0.6 is 23.1 Å². The normalized spacial score (nSPS) is 11.4. The summed E-state index contributed by atoms with van der Waals surface area (Å²) in [7, 11) is -2.20. The number of carbonyl (C=O) groups is 1. The molecule has 1 aromatic heterocycles. The molecular formula is C14H17N3O3S3. The van der Waals surface area contributed by atoms with Crippen molar-refractivity contribution in [1.82, 2.24) is 9.71 Å². The number of nitrogens with one attached hydrogen (secondary N) is 2. The molecule has 0 fully saturated rings. The molecule has 0 bridgehead atoms. The monoisotopic (exact) mass is 371 g/mol. The number of sulfonamides is 1. The van der Waals surface area contributed by atoms with E-state index in [0.717, 1.165) is 10.0 Å². The van der Waals surface area contributed by atoms with Gasteiger partial charge in [0.05, 0.1) is 10.6 Å². The number of carbonyl (C=O) groups excluding carboxylic acids is 1. The Morgan fingerprint density at radius 1 is 1.35 bits per heavy atom. The average molecular weight is 372 g/mol. The molecular weight excluding hydrogens is 354 g/mol. The summed E-state index contributed by atoms with van der Waals surface area (Å²) in [6.07, 6.45) is 0. The molecule has 0 aliphatic carbocycles. The molecule has 0 aliphatic heterocycles. The van der Waals surface area contributed by atoms with Crippen LogP contribution in [-0.4, -0.2) is 32.1 Å². The van der Waals surface area contributed by atoms with Gasteiger partial charge in [0.2, 0.25) is 15.9 Å². The Morgan fingerprint density at radius 3 is 2.70 bits per heavy atom. The number of amides is 1. The number of benzene rings is 1. The van der Waals surface area contributed by atoms with Crippen LogP contribution in [0.2, 0.25) is 0 Å². The predicted octanol–water partition coefficient (Wildman–Crippen LogP) is 2.40. The van der Waals surface area contributed by atoms with Crippen molar-refractivity contribution in [2.75, 3.05) is 18.1 Å². The van der Waals surface area contributed by atoms with Gasteiger partial charge in [0, 0.05) is 16.8 Å². The van der Waals surface area contributed by atoms with Crippen molar-refractivity contribution in [3.8, 4) is 0 Å². The first kappa shape index (κ1) is 17.9. The molecule has 0 saturated heterocycles. The third-order valence-electron chi connectivity index (χ3n) is 2.95. The fourth-order valence-corrected chi connectivity index (χ4v) is 4.44. The first-order valence-corrected chi connectivity index (χ1v) is 10.1. The van der Waals surface area contributed by atoms with E-state index in [1.807, 2.05) is 12.3 Å². The zero-order valence-corrected chi connectivity index (χ0v) is 15.4. The number of thiazole rings is 1. The zero-order valence-electron chi connectivity index (χ0n) is 12.9. The van der Waals surface area contributed by atoms with E-state index in [1.165, 1.54) is 36.2 Å². The van der Waals surface area contributed by atoms with Crippen LogP contribution in [0.1, 0.15) is 11.3 Å². The Kier molecular flexibility index (Phi) is 5.79. The Labute approximate surface area is 143 Å². The first-order valence-electron chi connectivity index (χ1n) is 6.71. The Bertz CT molecular complexity index is 816. The van der Waals surface area contributed by atoms with Crippen molar-refractivity contribution < 1.29 is 13.2 Å². The molecule has 6 nitrogen and oxygen atoms in total. The van der Waals surface area contributed by atoms with Crippen molar-refractivity contribution in [3.63, 3.8) is 0 Å². The highest BCUT2D eigenvalue weighted by Crippen LogP contribution is 2.23.